The van der Waals surface area contributed by atoms with Crippen molar-refractivity contribution < 1.29 is 18.3 Å². The number of amides is 2. The Balaban J connectivity index is 2.12. The highest BCUT2D eigenvalue weighted by Gasteiger charge is 2.28. The smallest absolute Gasteiger partial charge is 0.331 e. The summed E-state index contributed by atoms with van der Waals surface area (Å²) >= 11 is 0. The van der Waals surface area contributed by atoms with Crippen LogP contribution in [0.25, 0.3) is 0 Å². The number of carbonyl (C=O) groups excluding carboxylic acids is 1. The van der Waals surface area contributed by atoms with Crippen LogP contribution in [0.5, 0.6) is 0 Å². The third-order valence-corrected chi connectivity index (χ3v) is 5.24. The first-order valence-corrected chi connectivity index (χ1v) is 8.60. The summed E-state index contributed by atoms with van der Waals surface area (Å²) in [5.74, 6) is 0. The molecule has 1 fully saturated rings. The molecule has 8 heteroatoms. The summed E-state index contributed by atoms with van der Waals surface area (Å²) in [5.41, 5.74) is 6.31. The second kappa shape index (κ2) is 6.64. The summed E-state index contributed by atoms with van der Waals surface area (Å²) in [6.45, 7) is 2.05. The third kappa shape index (κ3) is 3.76. The van der Waals surface area contributed by atoms with E-state index in [0.717, 1.165) is 0 Å². The van der Waals surface area contributed by atoms with E-state index in [1.807, 2.05) is 0 Å². The molecule has 7 nitrogen and oxygen atoms in total. The molecular weight excluding hydrogens is 306 g/mol. The third-order valence-electron chi connectivity index (χ3n) is 3.76. The van der Waals surface area contributed by atoms with Crippen LogP contribution in [-0.2, 0) is 10.0 Å². The van der Waals surface area contributed by atoms with Gasteiger partial charge < -0.3 is 15.7 Å². The normalized spacial score (nSPS) is 23.0. The van der Waals surface area contributed by atoms with Crippen LogP contribution in [0.4, 0.5) is 4.79 Å². The quantitative estimate of drug-likeness (QED) is 0.717. The Morgan fingerprint density at radius 1 is 1.41 bits per heavy atom. The largest absolute Gasteiger partial charge is 0.390 e. The molecule has 122 valence electrons. The van der Waals surface area contributed by atoms with Gasteiger partial charge >= 0.3 is 6.03 Å². The number of urea groups is 1. The summed E-state index contributed by atoms with van der Waals surface area (Å²) in [7, 11) is -3.94. The number of carbonyl (C=O) groups is 1. The van der Waals surface area contributed by atoms with E-state index in [1.165, 1.54) is 11.0 Å². The monoisotopic (exact) mass is 327 g/mol. The van der Waals surface area contributed by atoms with Crippen LogP contribution in [0, 0.1) is 6.92 Å². The highest BCUT2D eigenvalue weighted by atomic mass is 32.2. The summed E-state index contributed by atoms with van der Waals surface area (Å²) < 4.78 is 26.6. The van der Waals surface area contributed by atoms with Crippen LogP contribution < -0.4 is 10.5 Å². The number of hydrogen-bond donors (Lipinski definition) is 3. The van der Waals surface area contributed by atoms with E-state index in [2.05, 4.69) is 4.72 Å². The Bertz CT molecular complexity index is 647. The van der Waals surface area contributed by atoms with Gasteiger partial charge in [-0.1, -0.05) is 18.2 Å². The molecule has 0 aromatic heterocycles. The molecule has 1 aromatic carbocycles. The van der Waals surface area contributed by atoms with Crippen molar-refractivity contribution >= 4 is 16.1 Å². The number of β-amino-alcohol motifs (C(OH)–C–C–N with tert-alkyl or cyclic N) is 1. The number of aliphatic hydroxyl groups is 1. The van der Waals surface area contributed by atoms with Gasteiger partial charge in [0.1, 0.15) is 0 Å². The molecule has 2 atom stereocenters. The van der Waals surface area contributed by atoms with Crippen LogP contribution >= 0.6 is 0 Å². The molecule has 1 aliphatic heterocycles. The van der Waals surface area contributed by atoms with Crippen molar-refractivity contribution in [1.82, 2.24) is 9.62 Å². The van der Waals surface area contributed by atoms with Gasteiger partial charge in [-0.3, -0.25) is 0 Å². The standard InChI is InChI=1S/C14H21N3O4S/c1-10-5-2-3-7-13(10)22(20,21)16-14(19)17-8-4-6-11(15)12(18)9-17/h2-3,5,7,11-12,18H,4,6,8-9,15H2,1H3,(H,16,19). The van der Waals surface area contributed by atoms with E-state index in [-0.39, 0.29) is 11.4 Å². The number of aliphatic hydroxyl groups excluding tert-OH is 1. The van der Waals surface area contributed by atoms with Crippen molar-refractivity contribution in [3.63, 3.8) is 0 Å². The molecule has 1 aromatic rings. The number of benzene rings is 1. The number of sulfonamides is 1. The Morgan fingerprint density at radius 3 is 2.77 bits per heavy atom. The molecular formula is C14H21N3O4S. The van der Waals surface area contributed by atoms with Gasteiger partial charge in [0.2, 0.25) is 0 Å². The van der Waals surface area contributed by atoms with Gasteiger partial charge in [0.15, 0.2) is 0 Å². The minimum absolute atomic E-state index is 0.0241. The maximum absolute atomic E-state index is 12.3. The van der Waals surface area contributed by atoms with Gasteiger partial charge in [-0.25, -0.2) is 17.9 Å². The van der Waals surface area contributed by atoms with Crippen molar-refractivity contribution in [2.45, 2.75) is 36.8 Å². The lowest BCUT2D eigenvalue weighted by molar-refractivity contribution is 0.115. The number of likely N-dealkylation sites (tertiary alicyclic amines) is 1. The zero-order chi connectivity index (χ0) is 16.3. The van der Waals surface area contributed by atoms with Gasteiger partial charge in [0.05, 0.1) is 11.0 Å². The fourth-order valence-electron chi connectivity index (χ4n) is 2.44. The number of nitrogens with zero attached hydrogens (tertiary/aromatic N) is 1. The van der Waals surface area contributed by atoms with Crippen molar-refractivity contribution in [3.8, 4) is 0 Å². The second-order valence-electron chi connectivity index (χ2n) is 5.50. The molecule has 2 amide bonds. The molecule has 1 heterocycles. The molecule has 0 saturated carbocycles. The lowest BCUT2D eigenvalue weighted by atomic mass is 10.1. The Morgan fingerprint density at radius 2 is 2.09 bits per heavy atom. The van der Waals surface area contributed by atoms with Crippen molar-refractivity contribution in [3.05, 3.63) is 29.8 Å². The number of hydrogen-bond acceptors (Lipinski definition) is 5. The highest BCUT2D eigenvalue weighted by molar-refractivity contribution is 7.90. The van der Waals surface area contributed by atoms with E-state index in [0.29, 0.717) is 24.9 Å². The predicted octanol–water partition coefficient (Wildman–Crippen LogP) is 0.177. The van der Waals surface area contributed by atoms with Gasteiger partial charge in [-0.2, -0.15) is 0 Å². The first-order chi connectivity index (χ1) is 10.3. The van der Waals surface area contributed by atoms with Crippen LogP contribution in [0.2, 0.25) is 0 Å². The Hall–Kier alpha value is -1.64. The fourth-order valence-corrected chi connectivity index (χ4v) is 3.66. The summed E-state index contributed by atoms with van der Waals surface area (Å²) in [6.07, 6.45) is 0.361. The Kier molecular flexibility index (Phi) is 5.05. The van der Waals surface area contributed by atoms with E-state index in [1.54, 1.807) is 25.1 Å². The van der Waals surface area contributed by atoms with Gasteiger partial charge in [-0.15, -0.1) is 0 Å². The average Bonchev–Trinajstić information content (AvgIpc) is 2.61. The molecule has 1 aliphatic rings. The number of aryl methyl sites for hydroxylation is 1. The first-order valence-electron chi connectivity index (χ1n) is 7.12. The first kappa shape index (κ1) is 16.7. The lowest BCUT2D eigenvalue weighted by Crippen LogP contribution is -2.47. The molecule has 0 aliphatic carbocycles. The predicted molar refractivity (Wildman–Crippen MR) is 81.7 cm³/mol. The zero-order valence-electron chi connectivity index (χ0n) is 12.4. The van der Waals surface area contributed by atoms with Crippen LogP contribution in [0.1, 0.15) is 18.4 Å². The molecule has 1 saturated heterocycles. The summed E-state index contributed by atoms with van der Waals surface area (Å²) in [6, 6.07) is 5.29. The maximum Gasteiger partial charge on any atom is 0.331 e. The minimum atomic E-state index is -3.94. The number of nitrogens with two attached hydrogens (primary N) is 1. The second-order valence-corrected chi connectivity index (χ2v) is 7.15. The van der Waals surface area contributed by atoms with Gasteiger partial charge in [0.25, 0.3) is 10.0 Å². The van der Waals surface area contributed by atoms with Gasteiger partial charge in [0, 0.05) is 19.1 Å². The van der Waals surface area contributed by atoms with Crippen LogP contribution in [0.15, 0.2) is 29.2 Å². The van der Waals surface area contributed by atoms with E-state index in [9.17, 15) is 18.3 Å². The van der Waals surface area contributed by atoms with E-state index >= 15 is 0 Å². The average molecular weight is 327 g/mol. The van der Waals surface area contributed by atoms with Crippen LogP contribution in [-0.4, -0.2) is 49.7 Å². The number of rotatable bonds is 2. The van der Waals surface area contributed by atoms with Crippen LogP contribution in [0.3, 0.4) is 0 Å². The number of nitrogens with one attached hydrogen (secondary N) is 1. The van der Waals surface area contributed by atoms with E-state index < -0.39 is 28.2 Å². The highest BCUT2D eigenvalue weighted by Crippen LogP contribution is 2.15. The van der Waals surface area contributed by atoms with Crippen molar-refractivity contribution in [2.75, 3.05) is 13.1 Å². The summed E-state index contributed by atoms with van der Waals surface area (Å²) in [4.78, 5) is 13.5. The molecule has 0 spiro atoms. The molecule has 22 heavy (non-hydrogen) atoms. The summed E-state index contributed by atoms with van der Waals surface area (Å²) in [5, 5.41) is 9.84. The molecule has 0 radical (unpaired) electrons. The van der Waals surface area contributed by atoms with Crippen molar-refractivity contribution in [2.24, 2.45) is 5.73 Å². The maximum atomic E-state index is 12.3. The van der Waals surface area contributed by atoms with Gasteiger partial charge in [-0.05, 0) is 31.4 Å². The molecule has 2 rings (SSSR count). The van der Waals surface area contributed by atoms with E-state index in [4.69, 9.17) is 5.73 Å². The molecule has 4 N–H and O–H groups in total. The Labute approximate surface area is 130 Å². The molecule has 2 unspecified atom stereocenters. The SMILES string of the molecule is Cc1ccccc1S(=O)(=O)NC(=O)N1CCCC(N)C(O)C1. The minimum Gasteiger partial charge on any atom is -0.390 e. The molecule has 0 bridgehead atoms. The zero-order valence-corrected chi connectivity index (χ0v) is 13.2. The lowest BCUT2D eigenvalue weighted by Gasteiger charge is -2.23. The topological polar surface area (TPSA) is 113 Å². The van der Waals surface area contributed by atoms with Crippen molar-refractivity contribution in [1.29, 1.82) is 0 Å². The fraction of sp³-hybridized carbons (Fsp3) is 0.500.